The summed E-state index contributed by atoms with van der Waals surface area (Å²) in [4.78, 5) is 17.6. The molecule has 0 aromatic heterocycles. The van der Waals surface area contributed by atoms with Crippen molar-refractivity contribution in [1.29, 1.82) is 0 Å². The van der Waals surface area contributed by atoms with Crippen LogP contribution in [0.15, 0.2) is 48.5 Å². The zero-order valence-electron chi connectivity index (χ0n) is 17.8. The SMILES string of the molecule is COc1ccc(CN(C2CC2)[C@H](C)C(=O)Nc2ccc(N3CCOCC3)cc2)cc1. The first kappa shape index (κ1) is 20.7. The van der Waals surface area contributed by atoms with Crippen LogP contribution >= 0.6 is 0 Å². The van der Waals surface area contributed by atoms with Crippen LogP contribution in [0.2, 0.25) is 0 Å². The monoisotopic (exact) mass is 409 g/mol. The number of hydrogen-bond acceptors (Lipinski definition) is 5. The van der Waals surface area contributed by atoms with Crippen molar-refractivity contribution >= 4 is 17.3 Å². The number of nitrogens with one attached hydrogen (secondary N) is 1. The fraction of sp³-hybridized carbons (Fsp3) is 0.458. The van der Waals surface area contributed by atoms with Gasteiger partial charge in [0.2, 0.25) is 5.91 Å². The lowest BCUT2D eigenvalue weighted by atomic mass is 10.1. The molecule has 1 saturated heterocycles. The van der Waals surface area contributed by atoms with E-state index in [1.807, 2.05) is 31.2 Å². The number of anilines is 2. The summed E-state index contributed by atoms with van der Waals surface area (Å²) in [6.45, 7) is 6.11. The highest BCUT2D eigenvalue weighted by molar-refractivity contribution is 5.94. The van der Waals surface area contributed by atoms with Gasteiger partial charge in [0.1, 0.15) is 5.75 Å². The number of amides is 1. The van der Waals surface area contributed by atoms with Crippen LogP contribution in [0.5, 0.6) is 5.75 Å². The Hall–Kier alpha value is -2.57. The molecule has 0 bridgehead atoms. The van der Waals surface area contributed by atoms with Crippen molar-refractivity contribution in [2.45, 2.75) is 38.4 Å². The molecule has 1 saturated carbocycles. The van der Waals surface area contributed by atoms with Crippen LogP contribution in [0.25, 0.3) is 0 Å². The van der Waals surface area contributed by atoms with Crippen molar-refractivity contribution in [3.63, 3.8) is 0 Å². The lowest BCUT2D eigenvalue weighted by molar-refractivity contribution is -0.121. The second-order valence-corrected chi connectivity index (χ2v) is 8.06. The van der Waals surface area contributed by atoms with Crippen LogP contribution in [-0.2, 0) is 16.1 Å². The number of hydrogen-bond donors (Lipinski definition) is 1. The molecule has 160 valence electrons. The van der Waals surface area contributed by atoms with Gasteiger partial charge < -0.3 is 19.7 Å². The lowest BCUT2D eigenvalue weighted by Crippen LogP contribution is -2.43. The largest absolute Gasteiger partial charge is 0.497 e. The summed E-state index contributed by atoms with van der Waals surface area (Å²) in [6, 6.07) is 16.5. The van der Waals surface area contributed by atoms with E-state index in [0.29, 0.717) is 6.04 Å². The van der Waals surface area contributed by atoms with E-state index < -0.39 is 0 Å². The van der Waals surface area contributed by atoms with Crippen molar-refractivity contribution in [1.82, 2.24) is 4.90 Å². The van der Waals surface area contributed by atoms with Gasteiger partial charge in [0.05, 0.1) is 26.4 Å². The van der Waals surface area contributed by atoms with Crippen molar-refractivity contribution in [2.24, 2.45) is 0 Å². The lowest BCUT2D eigenvalue weighted by Gasteiger charge is -2.29. The Labute approximate surface area is 178 Å². The minimum atomic E-state index is -0.196. The summed E-state index contributed by atoms with van der Waals surface area (Å²) >= 11 is 0. The Morgan fingerprint density at radius 2 is 1.80 bits per heavy atom. The minimum absolute atomic E-state index is 0.0366. The molecule has 1 aliphatic carbocycles. The first-order valence-corrected chi connectivity index (χ1v) is 10.8. The number of morpholine rings is 1. The smallest absolute Gasteiger partial charge is 0.241 e. The molecule has 1 amide bonds. The van der Waals surface area contributed by atoms with Crippen LogP contribution in [0.4, 0.5) is 11.4 Å². The molecule has 6 nitrogen and oxygen atoms in total. The predicted octanol–water partition coefficient (Wildman–Crippen LogP) is 3.52. The summed E-state index contributed by atoms with van der Waals surface area (Å²) in [5.41, 5.74) is 3.20. The van der Waals surface area contributed by atoms with E-state index in [1.54, 1.807) is 7.11 Å². The fourth-order valence-corrected chi connectivity index (χ4v) is 3.90. The third kappa shape index (κ3) is 5.12. The molecule has 1 atom stereocenters. The van der Waals surface area contributed by atoms with E-state index in [0.717, 1.165) is 57.1 Å². The standard InChI is InChI=1S/C24H31N3O3/c1-18(27(22-9-10-22)17-19-3-11-23(29-2)12-4-19)24(28)25-20-5-7-21(8-6-20)26-13-15-30-16-14-26/h3-8,11-12,18,22H,9-10,13-17H2,1-2H3,(H,25,28)/t18-/m1/s1. The Morgan fingerprint density at radius 3 is 2.40 bits per heavy atom. The molecular formula is C24H31N3O3. The normalized spacial score (nSPS) is 17.6. The second-order valence-electron chi connectivity index (χ2n) is 8.06. The molecule has 2 aliphatic rings. The highest BCUT2D eigenvalue weighted by Gasteiger charge is 2.35. The minimum Gasteiger partial charge on any atom is -0.497 e. The molecule has 0 radical (unpaired) electrons. The summed E-state index contributed by atoms with van der Waals surface area (Å²) in [6.07, 6.45) is 2.31. The highest BCUT2D eigenvalue weighted by Crippen LogP contribution is 2.31. The van der Waals surface area contributed by atoms with Gasteiger partial charge in [0, 0.05) is 37.1 Å². The van der Waals surface area contributed by atoms with Crippen LogP contribution in [0, 0.1) is 0 Å². The molecule has 1 aliphatic heterocycles. The van der Waals surface area contributed by atoms with E-state index in [2.05, 4.69) is 39.4 Å². The molecule has 0 spiro atoms. The highest BCUT2D eigenvalue weighted by atomic mass is 16.5. The third-order valence-corrected chi connectivity index (χ3v) is 5.93. The molecule has 1 heterocycles. The molecular weight excluding hydrogens is 378 g/mol. The maximum Gasteiger partial charge on any atom is 0.241 e. The van der Waals surface area contributed by atoms with Crippen molar-refractivity contribution in [2.75, 3.05) is 43.6 Å². The first-order valence-electron chi connectivity index (χ1n) is 10.8. The van der Waals surface area contributed by atoms with Crippen LogP contribution in [-0.4, -0.2) is 56.3 Å². The molecule has 0 unspecified atom stereocenters. The molecule has 2 aromatic carbocycles. The second kappa shape index (κ2) is 9.49. The van der Waals surface area contributed by atoms with Crippen LogP contribution < -0.4 is 15.0 Å². The average Bonchev–Trinajstić information content (AvgIpc) is 3.64. The number of benzene rings is 2. The van der Waals surface area contributed by atoms with Gasteiger partial charge in [0.25, 0.3) is 0 Å². The van der Waals surface area contributed by atoms with Crippen molar-refractivity contribution < 1.29 is 14.3 Å². The molecule has 6 heteroatoms. The molecule has 2 fully saturated rings. The summed E-state index contributed by atoms with van der Waals surface area (Å²) in [5.74, 6) is 0.887. The molecule has 1 N–H and O–H groups in total. The van der Waals surface area contributed by atoms with Gasteiger partial charge in [-0.25, -0.2) is 0 Å². The van der Waals surface area contributed by atoms with Crippen LogP contribution in [0.3, 0.4) is 0 Å². The quantitative estimate of drug-likeness (QED) is 0.723. The van der Waals surface area contributed by atoms with E-state index in [1.165, 1.54) is 11.3 Å². The first-order chi connectivity index (χ1) is 14.6. The van der Waals surface area contributed by atoms with Crippen molar-refractivity contribution in [3.8, 4) is 5.75 Å². The summed E-state index contributed by atoms with van der Waals surface area (Å²) < 4.78 is 10.7. The summed E-state index contributed by atoms with van der Waals surface area (Å²) in [5, 5.41) is 3.10. The van der Waals surface area contributed by atoms with Gasteiger partial charge >= 0.3 is 0 Å². The average molecular weight is 410 g/mol. The maximum absolute atomic E-state index is 13.0. The zero-order valence-corrected chi connectivity index (χ0v) is 17.8. The van der Waals surface area contributed by atoms with E-state index >= 15 is 0 Å². The Kier molecular flexibility index (Phi) is 6.55. The number of carbonyl (C=O) groups excluding carboxylic acids is 1. The van der Waals surface area contributed by atoms with E-state index in [9.17, 15) is 4.79 Å². The van der Waals surface area contributed by atoms with E-state index in [4.69, 9.17) is 9.47 Å². The Bertz CT molecular complexity index is 828. The zero-order chi connectivity index (χ0) is 20.9. The van der Waals surface area contributed by atoms with E-state index in [-0.39, 0.29) is 11.9 Å². The van der Waals surface area contributed by atoms with Gasteiger partial charge in [-0.05, 0) is 61.7 Å². The predicted molar refractivity (Wildman–Crippen MR) is 119 cm³/mol. The number of ether oxygens (including phenoxy) is 2. The molecule has 2 aromatic rings. The van der Waals surface area contributed by atoms with Crippen molar-refractivity contribution in [3.05, 3.63) is 54.1 Å². The Morgan fingerprint density at radius 1 is 1.13 bits per heavy atom. The van der Waals surface area contributed by atoms with Gasteiger partial charge in [0.15, 0.2) is 0 Å². The molecule has 30 heavy (non-hydrogen) atoms. The van der Waals surface area contributed by atoms with Gasteiger partial charge in [-0.1, -0.05) is 12.1 Å². The maximum atomic E-state index is 13.0. The van der Waals surface area contributed by atoms with Gasteiger partial charge in [-0.2, -0.15) is 0 Å². The summed E-state index contributed by atoms with van der Waals surface area (Å²) in [7, 11) is 1.67. The number of nitrogens with zero attached hydrogens (tertiary/aromatic N) is 2. The number of methoxy groups -OCH3 is 1. The Balaban J connectivity index is 1.37. The van der Waals surface area contributed by atoms with Gasteiger partial charge in [-0.3, -0.25) is 9.69 Å². The fourth-order valence-electron chi connectivity index (χ4n) is 3.90. The van der Waals surface area contributed by atoms with Gasteiger partial charge in [-0.15, -0.1) is 0 Å². The number of carbonyl (C=O) groups is 1. The molecule has 4 rings (SSSR count). The van der Waals surface area contributed by atoms with Crippen LogP contribution in [0.1, 0.15) is 25.3 Å². The topological polar surface area (TPSA) is 54.0 Å². The number of rotatable bonds is 8. The third-order valence-electron chi connectivity index (χ3n) is 5.93.